The van der Waals surface area contributed by atoms with Crippen LogP contribution < -0.4 is 10.6 Å². The van der Waals surface area contributed by atoms with Gasteiger partial charge in [0.05, 0.1) is 25.6 Å². The smallest absolute Gasteiger partial charge is 0.233 e. The highest BCUT2D eigenvalue weighted by Crippen LogP contribution is 2.20. The standard InChI is InChI=1S/C31H36ClN3O5/c1-2-23-17-22(4-8-26(23)28(36)9-6-25-7-10-29(37)34-31(25)39)20-33-30(38)19-21-3-5-24(27(32)18-21)11-12-35-13-15-40-16-14-35/h3-6,8-9,17-18,25H,2,7,10-16,19-20H2,1H3,(H,33,38)(H,34,37,39)/b9-6+. The van der Waals surface area contributed by atoms with Crippen LogP contribution in [-0.2, 0) is 44.9 Å². The molecule has 40 heavy (non-hydrogen) atoms. The summed E-state index contributed by atoms with van der Waals surface area (Å²) in [4.78, 5) is 51.1. The maximum Gasteiger partial charge on any atom is 0.233 e. The largest absolute Gasteiger partial charge is 0.379 e. The highest BCUT2D eigenvalue weighted by atomic mass is 35.5. The molecule has 0 saturated carbocycles. The summed E-state index contributed by atoms with van der Waals surface area (Å²) in [6.07, 6.45) is 5.38. The van der Waals surface area contributed by atoms with Crippen LogP contribution >= 0.6 is 11.6 Å². The lowest BCUT2D eigenvalue weighted by molar-refractivity contribution is -0.135. The van der Waals surface area contributed by atoms with E-state index in [1.165, 1.54) is 6.08 Å². The lowest BCUT2D eigenvalue weighted by atomic mass is 9.95. The third-order valence-electron chi connectivity index (χ3n) is 7.35. The van der Waals surface area contributed by atoms with E-state index in [9.17, 15) is 19.2 Å². The van der Waals surface area contributed by atoms with E-state index < -0.39 is 5.92 Å². The monoisotopic (exact) mass is 565 g/mol. The van der Waals surface area contributed by atoms with Crippen molar-refractivity contribution in [3.63, 3.8) is 0 Å². The molecule has 8 nitrogen and oxygen atoms in total. The Kier molecular flexibility index (Phi) is 10.6. The minimum absolute atomic E-state index is 0.109. The number of benzene rings is 2. The molecule has 0 aromatic heterocycles. The summed E-state index contributed by atoms with van der Waals surface area (Å²) in [5.41, 5.74) is 4.25. The van der Waals surface area contributed by atoms with Crippen molar-refractivity contribution in [2.24, 2.45) is 5.92 Å². The summed E-state index contributed by atoms with van der Waals surface area (Å²) in [6, 6.07) is 11.3. The van der Waals surface area contributed by atoms with Gasteiger partial charge in [0, 0.05) is 43.2 Å². The van der Waals surface area contributed by atoms with Gasteiger partial charge in [-0.1, -0.05) is 54.9 Å². The normalized spacial score (nSPS) is 18.1. The van der Waals surface area contributed by atoms with Gasteiger partial charge in [0.1, 0.15) is 0 Å². The number of ether oxygens (including phenoxy) is 1. The number of morpholine rings is 1. The molecular weight excluding hydrogens is 530 g/mol. The van der Waals surface area contributed by atoms with Crippen molar-refractivity contribution in [2.75, 3.05) is 32.8 Å². The molecule has 2 heterocycles. The molecule has 212 valence electrons. The first-order valence-electron chi connectivity index (χ1n) is 13.8. The summed E-state index contributed by atoms with van der Waals surface area (Å²) in [6.45, 7) is 6.67. The molecule has 2 aromatic rings. The average molecular weight is 566 g/mol. The summed E-state index contributed by atoms with van der Waals surface area (Å²) < 4.78 is 5.40. The quantitative estimate of drug-likeness (QED) is 0.246. The van der Waals surface area contributed by atoms with Crippen molar-refractivity contribution < 1.29 is 23.9 Å². The lowest BCUT2D eigenvalue weighted by Gasteiger charge is -2.26. The predicted molar refractivity (Wildman–Crippen MR) is 153 cm³/mol. The Bertz CT molecular complexity index is 1290. The van der Waals surface area contributed by atoms with Crippen molar-refractivity contribution >= 4 is 35.1 Å². The highest BCUT2D eigenvalue weighted by molar-refractivity contribution is 6.31. The number of nitrogens with one attached hydrogen (secondary N) is 2. The number of hydrogen-bond donors (Lipinski definition) is 2. The van der Waals surface area contributed by atoms with E-state index in [0.29, 0.717) is 30.0 Å². The van der Waals surface area contributed by atoms with Crippen molar-refractivity contribution in [3.05, 3.63) is 81.4 Å². The van der Waals surface area contributed by atoms with Crippen LogP contribution in [0.5, 0.6) is 0 Å². The maximum absolute atomic E-state index is 12.8. The van der Waals surface area contributed by atoms with Crippen LogP contribution in [0.3, 0.4) is 0 Å². The summed E-state index contributed by atoms with van der Waals surface area (Å²) in [5.74, 6) is -1.44. The first kappa shape index (κ1) is 29.6. The number of aryl methyl sites for hydroxylation is 1. The number of nitrogens with zero attached hydrogens (tertiary/aromatic N) is 1. The van der Waals surface area contributed by atoms with E-state index >= 15 is 0 Å². The zero-order valence-electron chi connectivity index (χ0n) is 22.8. The number of carbonyl (C=O) groups excluding carboxylic acids is 4. The van der Waals surface area contributed by atoms with E-state index in [4.69, 9.17) is 16.3 Å². The number of halogens is 1. The van der Waals surface area contributed by atoms with Crippen LogP contribution in [0.1, 0.15) is 52.4 Å². The molecule has 1 atom stereocenters. The number of imide groups is 1. The summed E-state index contributed by atoms with van der Waals surface area (Å²) >= 11 is 6.52. The van der Waals surface area contributed by atoms with Crippen LogP contribution in [0.15, 0.2) is 48.6 Å². The second-order valence-electron chi connectivity index (χ2n) is 10.2. The zero-order chi connectivity index (χ0) is 28.5. The Morgan fingerprint density at radius 2 is 1.88 bits per heavy atom. The molecule has 9 heteroatoms. The molecule has 2 aliphatic rings. The predicted octanol–water partition coefficient (Wildman–Crippen LogP) is 3.43. The molecule has 2 aromatic carbocycles. The molecule has 0 spiro atoms. The van der Waals surface area contributed by atoms with Crippen LogP contribution in [0.2, 0.25) is 5.02 Å². The SMILES string of the molecule is CCc1cc(CNC(=O)Cc2ccc(CCN3CCOCC3)c(Cl)c2)ccc1C(=O)/C=C/C1CCC(=O)NC1=O. The first-order chi connectivity index (χ1) is 19.3. The topological polar surface area (TPSA) is 105 Å². The van der Waals surface area contributed by atoms with E-state index in [1.807, 2.05) is 37.3 Å². The average Bonchev–Trinajstić information content (AvgIpc) is 2.95. The third kappa shape index (κ3) is 8.34. The Morgan fingerprint density at radius 1 is 1.10 bits per heavy atom. The van der Waals surface area contributed by atoms with Gasteiger partial charge in [0.15, 0.2) is 5.78 Å². The minimum atomic E-state index is -0.484. The fraction of sp³-hybridized carbons (Fsp3) is 0.419. The lowest BCUT2D eigenvalue weighted by Crippen LogP contribution is -2.39. The van der Waals surface area contributed by atoms with Gasteiger partial charge in [-0.2, -0.15) is 0 Å². The molecule has 2 fully saturated rings. The molecule has 2 aliphatic heterocycles. The zero-order valence-corrected chi connectivity index (χ0v) is 23.6. The fourth-order valence-electron chi connectivity index (χ4n) is 4.93. The Balaban J connectivity index is 1.28. The van der Waals surface area contributed by atoms with Crippen molar-refractivity contribution in [1.29, 1.82) is 0 Å². The van der Waals surface area contributed by atoms with Crippen molar-refractivity contribution in [3.8, 4) is 0 Å². The molecule has 4 rings (SSSR count). The number of carbonyl (C=O) groups is 4. The first-order valence-corrected chi connectivity index (χ1v) is 14.2. The molecule has 0 bridgehead atoms. The summed E-state index contributed by atoms with van der Waals surface area (Å²) in [7, 11) is 0. The van der Waals surface area contributed by atoms with E-state index in [0.717, 1.165) is 61.5 Å². The molecule has 3 amide bonds. The molecule has 0 radical (unpaired) electrons. The molecule has 1 unspecified atom stereocenters. The van der Waals surface area contributed by atoms with Gasteiger partial charge in [-0.05, 0) is 53.7 Å². The van der Waals surface area contributed by atoms with Crippen LogP contribution in [0.4, 0.5) is 0 Å². The van der Waals surface area contributed by atoms with Crippen LogP contribution in [0, 0.1) is 5.92 Å². The van der Waals surface area contributed by atoms with Gasteiger partial charge in [-0.15, -0.1) is 0 Å². The minimum Gasteiger partial charge on any atom is -0.379 e. The van der Waals surface area contributed by atoms with E-state index in [-0.39, 0.29) is 36.3 Å². The number of allylic oxidation sites excluding steroid dienone is 1. The number of hydrogen-bond acceptors (Lipinski definition) is 6. The Morgan fingerprint density at radius 3 is 2.60 bits per heavy atom. The van der Waals surface area contributed by atoms with E-state index in [1.54, 1.807) is 12.1 Å². The molecule has 2 N–H and O–H groups in total. The van der Waals surface area contributed by atoms with Gasteiger partial charge in [0.25, 0.3) is 0 Å². The second-order valence-corrected chi connectivity index (χ2v) is 10.6. The molecule has 0 aliphatic carbocycles. The third-order valence-corrected chi connectivity index (χ3v) is 7.70. The highest BCUT2D eigenvalue weighted by Gasteiger charge is 2.24. The second kappa shape index (κ2) is 14.3. The van der Waals surface area contributed by atoms with Crippen LogP contribution in [-0.4, -0.2) is 61.3 Å². The number of ketones is 1. The van der Waals surface area contributed by atoms with Gasteiger partial charge < -0.3 is 10.1 Å². The Labute approximate surface area is 240 Å². The maximum atomic E-state index is 12.8. The van der Waals surface area contributed by atoms with Crippen molar-refractivity contribution in [1.82, 2.24) is 15.5 Å². The number of piperidine rings is 1. The van der Waals surface area contributed by atoms with Crippen molar-refractivity contribution in [2.45, 2.75) is 45.6 Å². The number of amides is 3. The number of rotatable bonds is 11. The van der Waals surface area contributed by atoms with Gasteiger partial charge in [-0.3, -0.25) is 29.4 Å². The molecule has 2 saturated heterocycles. The fourth-order valence-corrected chi connectivity index (χ4v) is 5.23. The van der Waals surface area contributed by atoms with Gasteiger partial charge in [-0.25, -0.2) is 0 Å². The van der Waals surface area contributed by atoms with Gasteiger partial charge in [0.2, 0.25) is 17.7 Å². The summed E-state index contributed by atoms with van der Waals surface area (Å²) in [5, 5.41) is 5.93. The molecular formula is C31H36ClN3O5. The Hall–Kier alpha value is -3.33. The van der Waals surface area contributed by atoms with E-state index in [2.05, 4.69) is 15.5 Å². The van der Waals surface area contributed by atoms with Gasteiger partial charge >= 0.3 is 0 Å². The van der Waals surface area contributed by atoms with Crippen LogP contribution in [0.25, 0.3) is 0 Å².